The Morgan fingerprint density at radius 2 is 2.03 bits per heavy atom. The fourth-order valence-corrected chi connectivity index (χ4v) is 3.97. The standard InChI is InChI=1S/C22H23N7O2/c1-13(2)11-31-17-7-5-4-6-15(17)16-10-20(30)24-22-21(16)14(3)26-29(22)19-9-8-18-25-23-12-28(18)27-19/h4-9,12-13,16H,10-11H2,1-3H3,(H,24,30)/t16-/m0/s1. The number of anilines is 1. The molecular formula is C22H23N7O2. The van der Waals surface area contributed by atoms with Gasteiger partial charge in [0.25, 0.3) is 0 Å². The molecule has 1 N–H and O–H groups in total. The van der Waals surface area contributed by atoms with Crippen LogP contribution < -0.4 is 10.1 Å². The summed E-state index contributed by atoms with van der Waals surface area (Å²) in [7, 11) is 0. The van der Waals surface area contributed by atoms with Gasteiger partial charge in [-0.25, -0.2) is 0 Å². The minimum Gasteiger partial charge on any atom is -0.493 e. The Labute approximate surface area is 179 Å². The molecule has 9 heteroatoms. The Morgan fingerprint density at radius 3 is 2.87 bits per heavy atom. The molecule has 1 aliphatic heterocycles. The first-order valence-electron chi connectivity index (χ1n) is 10.3. The number of benzene rings is 1. The molecule has 9 nitrogen and oxygen atoms in total. The Bertz CT molecular complexity index is 1270. The summed E-state index contributed by atoms with van der Waals surface area (Å²) in [4.78, 5) is 12.7. The minimum absolute atomic E-state index is 0.0670. The summed E-state index contributed by atoms with van der Waals surface area (Å²) in [6.07, 6.45) is 1.87. The predicted molar refractivity (Wildman–Crippen MR) is 115 cm³/mol. The number of carbonyl (C=O) groups is 1. The van der Waals surface area contributed by atoms with Crippen LogP contribution in [0.1, 0.15) is 43.0 Å². The van der Waals surface area contributed by atoms with Gasteiger partial charge in [-0.3, -0.25) is 4.79 Å². The summed E-state index contributed by atoms with van der Waals surface area (Å²) in [5, 5.41) is 20.1. The highest BCUT2D eigenvalue weighted by molar-refractivity contribution is 5.95. The lowest BCUT2D eigenvalue weighted by Crippen LogP contribution is -2.25. The maximum Gasteiger partial charge on any atom is 0.226 e. The molecule has 0 saturated heterocycles. The van der Waals surface area contributed by atoms with Crippen molar-refractivity contribution in [1.82, 2.24) is 29.6 Å². The van der Waals surface area contributed by atoms with E-state index in [1.54, 1.807) is 9.20 Å². The van der Waals surface area contributed by atoms with E-state index in [4.69, 9.17) is 9.84 Å². The van der Waals surface area contributed by atoms with Gasteiger partial charge in [-0.15, -0.1) is 15.3 Å². The van der Waals surface area contributed by atoms with Gasteiger partial charge in [-0.05, 0) is 31.0 Å². The molecule has 4 heterocycles. The molecule has 1 aromatic carbocycles. The van der Waals surface area contributed by atoms with Gasteiger partial charge in [0, 0.05) is 23.5 Å². The van der Waals surface area contributed by atoms with Crippen LogP contribution in [0.3, 0.4) is 0 Å². The second-order valence-electron chi connectivity index (χ2n) is 8.13. The second kappa shape index (κ2) is 7.50. The zero-order valence-electron chi connectivity index (χ0n) is 17.6. The summed E-state index contributed by atoms with van der Waals surface area (Å²) in [6, 6.07) is 11.6. The fraction of sp³-hybridized carbons (Fsp3) is 0.318. The highest BCUT2D eigenvalue weighted by Crippen LogP contribution is 2.43. The van der Waals surface area contributed by atoms with E-state index >= 15 is 0 Å². The maximum absolute atomic E-state index is 12.7. The monoisotopic (exact) mass is 417 g/mol. The quantitative estimate of drug-likeness (QED) is 0.536. The third-order valence-corrected chi connectivity index (χ3v) is 5.33. The van der Waals surface area contributed by atoms with Crippen molar-refractivity contribution >= 4 is 17.4 Å². The van der Waals surface area contributed by atoms with E-state index in [9.17, 15) is 4.79 Å². The third-order valence-electron chi connectivity index (χ3n) is 5.33. The van der Waals surface area contributed by atoms with Crippen molar-refractivity contribution < 1.29 is 9.53 Å². The second-order valence-corrected chi connectivity index (χ2v) is 8.13. The van der Waals surface area contributed by atoms with Crippen LogP contribution in [0.15, 0.2) is 42.7 Å². The minimum atomic E-state index is -0.153. The molecule has 3 aromatic heterocycles. The number of hydrogen-bond donors (Lipinski definition) is 1. The average molecular weight is 417 g/mol. The van der Waals surface area contributed by atoms with Crippen molar-refractivity contribution in [3.8, 4) is 11.6 Å². The molecule has 0 fully saturated rings. The van der Waals surface area contributed by atoms with Crippen LogP contribution in [0.2, 0.25) is 0 Å². The van der Waals surface area contributed by atoms with Crippen molar-refractivity contribution in [2.24, 2.45) is 5.92 Å². The Hall–Kier alpha value is -3.75. The molecular weight excluding hydrogens is 394 g/mol. The van der Waals surface area contributed by atoms with E-state index in [2.05, 4.69) is 34.5 Å². The number of ether oxygens (including phenoxy) is 1. The van der Waals surface area contributed by atoms with Gasteiger partial charge >= 0.3 is 0 Å². The highest BCUT2D eigenvalue weighted by atomic mass is 16.5. The summed E-state index contributed by atoms with van der Waals surface area (Å²) < 4.78 is 9.34. The van der Waals surface area contributed by atoms with Crippen LogP contribution >= 0.6 is 0 Å². The van der Waals surface area contributed by atoms with Gasteiger partial charge in [-0.2, -0.15) is 14.3 Å². The number of hydrogen-bond acceptors (Lipinski definition) is 6. The molecule has 0 aliphatic carbocycles. The highest BCUT2D eigenvalue weighted by Gasteiger charge is 2.34. The van der Waals surface area contributed by atoms with Gasteiger partial charge < -0.3 is 10.1 Å². The molecule has 1 aliphatic rings. The number of nitrogens with zero attached hydrogens (tertiary/aromatic N) is 6. The first-order chi connectivity index (χ1) is 15.0. The number of aryl methyl sites for hydroxylation is 1. The molecule has 158 valence electrons. The molecule has 0 saturated carbocycles. The molecule has 0 unspecified atom stereocenters. The maximum atomic E-state index is 12.7. The summed E-state index contributed by atoms with van der Waals surface area (Å²) in [6.45, 7) is 6.80. The van der Waals surface area contributed by atoms with E-state index in [1.165, 1.54) is 6.33 Å². The van der Waals surface area contributed by atoms with Crippen LogP contribution in [0.4, 0.5) is 5.82 Å². The molecule has 31 heavy (non-hydrogen) atoms. The molecule has 4 aromatic rings. The lowest BCUT2D eigenvalue weighted by atomic mass is 9.85. The van der Waals surface area contributed by atoms with E-state index in [-0.39, 0.29) is 11.8 Å². The first kappa shape index (κ1) is 19.2. The Kier molecular flexibility index (Phi) is 4.65. The molecule has 1 atom stereocenters. The number of aromatic nitrogens is 6. The Balaban J connectivity index is 1.61. The van der Waals surface area contributed by atoms with Crippen molar-refractivity contribution in [3.63, 3.8) is 0 Å². The molecule has 5 rings (SSSR count). The predicted octanol–water partition coefficient (Wildman–Crippen LogP) is 3.13. The molecule has 0 radical (unpaired) electrons. The van der Waals surface area contributed by atoms with Crippen LogP contribution in [0, 0.1) is 12.8 Å². The first-order valence-corrected chi connectivity index (χ1v) is 10.3. The number of amides is 1. The number of rotatable bonds is 5. The van der Waals surface area contributed by atoms with Crippen LogP contribution in [-0.4, -0.2) is 42.1 Å². The van der Waals surface area contributed by atoms with Gasteiger partial charge in [0.2, 0.25) is 5.91 Å². The number of fused-ring (bicyclic) bond motifs is 2. The van der Waals surface area contributed by atoms with Crippen molar-refractivity contribution in [3.05, 3.63) is 59.5 Å². The Morgan fingerprint density at radius 1 is 1.19 bits per heavy atom. The largest absolute Gasteiger partial charge is 0.493 e. The summed E-state index contributed by atoms with van der Waals surface area (Å²) in [5.74, 6) is 2.20. The summed E-state index contributed by atoms with van der Waals surface area (Å²) in [5.41, 5.74) is 3.44. The van der Waals surface area contributed by atoms with Gasteiger partial charge in [0.1, 0.15) is 17.9 Å². The topological polar surface area (TPSA) is 99.2 Å². The van der Waals surface area contributed by atoms with E-state index in [1.807, 2.05) is 43.3 Å². The van der Waals surface area contributed by atoms with Gasteiger partial charge in [0.05, 0.1) is 12.3 Å². The lowest BCUT2D eigenvalue weighted by Gasteiger charge is -2.26. The van der Waals surface area contributed by atoms with E-state index < -0.39 is 0 Å². The average Bonchev–Trinajstić information content (AvgIpc) is 3.35. The summed E-state index contributed by atoms with van der Waals surface area (Å²) >= 11 is 0. The fourth-order valence-electron chi connectivity index (χ4n) is 3.97. The third kappa shape index (κ3) is 3.41. The molecule has 0 bridgehead atoms. The normalized spacial score (nSPS) is 15.9. The van der Waals surface area contributed by atoms with Crippen LogP contribution in [-0.2, 0) is 4.79 Å². The smallest absolute Gasteiger partial charge is 0.226 e. The van der Waals surface area contributed by atoms with E-state index in [0.717, 1.165) is 22.6 Å². The van der Waals surface area contributed by atoms with Crippen LogP contribution in [0.5, 0.6) is 5.75 Å². The number of nitrogens with one attached hydrogen (secondary N) is 1. The SMILES string of the molecule is Cc1nn(-c2ccc3nncn3n2)c2c1[C@H](c1ccccc1OCC(C)C)CC(=O)N2. The van der Waals surface area contributed by atoms with E-state index in [0.29, 0.717) is 36.2 Å². The number of carbonyl (C=O) groups excluding carboxylic acids is 1. The zero-order valence-corrected chi connectivity index (χ0v) is 17.6. The van der Waals surface area contributed by atoms with Crippen LogP contribution in [0.25, 0.3) is 11.5 Å². The van der Waals surface area contributed by atoms with Crippen molar-refractivity contribution in [2.45, 2.75) is 33.1 Å². The number of para-hydroxylation sites is 1. The van der Waals surface area contributed by atoms with Gasteiger partial charge in [0.15, 0.2) is 11.5 Å². The lowest BCUT2D eigenvalue weighted by molar-refractivity contribution is -0.116. The van der Waals surface area contributed by atoms with Crippen molar-refractivity contribution in [2.75, 3.05) is 11.9 Å². The molecule has 0 spiro atoms. The molecule has 1 amide bonds. The zero-order chi connectivity index (χ0) is 21.5. The van der Waals surface area contributed by atoms with Crippen molar-refractivity contribution in [1.29, 1.82) is 0 Å². The van der Waals surface area contributed by atoms with Gasteiger partial charge in [-0.1, -0.05) is 32.0 Å².